The second-order valence-electron chi connectivity index (χ2n) is 5.07. The highest BCUT2D eigenvalue weighted by Crippen LogP contribution is 2.25. The SMILES string of the molecule is C[C@@H]1CN(CC(O)c2ccccc2)C[C@H]1C(=O)O. The molecule has 2 N–H and O–H groups in total. The van der Waals surface area contributed by atoms with Gasteiger partial charge in [0.15, 0.2) is 0 Å². The molecule has 2 rings (SSSR count). The van der Waals surface area contributed by atoms with E-state index in [1.165, 1.54) is 0 Å². The molecule has 0 amide bonds. The molecule has 0 saturated carbocycles. The van der Waals surface area contributed by atoms with Crippen molar-refractivity contribution in [3.8, 4) is 0 Å². The maximum absolute atomic E-state index is 11.0. The normalized spacial score (nSPS) is 26.1. The maximum Gasteiger partial charge on any atom is 0.308 e. The molecular weight excluding hydrogens is 230 g/mol. The number of carboxylic acid groups (broad SMARTS) is 1. The number of nitrogens with zero attached hydrogens (tertiary/aromatic N) is 1. The van der Waals surface area contributed by atoms with Crippen LogP contribution in [-0.2, 0) is 4.79 Å². The van der Waals surface area contributed by atoms with Crippen LogP contribution in [-0.4, -0.2) is 40.7 Å². The standard InChI is InChI=1S/C14H19NO3/c1-10-7-15(8-12(10)14(17)18)9-13(16)11-5-3-2-4-6-11/h2-6,10,12-13,16H,7-9H2,1H3,(H,17,18)/t10-,12-,13?/m1/s1. The third-order valence-corrected chi connectivity index (χ3v) is 3.62. The molecule has 1 heterocycles. The molecule has 1 aromatic rings. The number of carboxylic acids is 1. The van der Waals surface area contributed by atoms with Crippen molar-refractivity contribution in [2.24, 2.45) is 11.8 Å². The molecule has 1 aliphatic heterocycles. The first-order valence-electron chi connectivity index (χ1n) is 6.26. The summed E-state index contributed by atoms with van der Waals surface area (Å²) in [6, 6.07) is 9.47. The van der Waals surface area contributed by atoms with E-state index in [2.05, 4.69) is 0 Å². The van der Waals surface area contributed by atoms with Crippen molar-refractivity contribution >= 4 is 5.97 Å². The summed E-state index contributed by atoms with van der Waals surface area (Å²) in [5.74, 6) is -0.905. The first kappa shape index (κ1) is 13.1. The van der Waals surface area contributed by atoms with Crippen LogP contribution in [0.4, 0.5) is 0 Å². The topological polar surface area (TPSA) is 60.8 Å². The molecule has 4 nitrogen and oxygen atoms in total. The van der Waals surface area contributed by atoms with Gasteiger partial charge in [0.25, 0.3) is 0 Å². The molecule has 18 heavy (non-hydrogen) atoms. The van der Waals surface area contributed by atoms with Crippen molar-refractivity contribution in [2.45, 2.75) is 13.0 Å². The molecule has 0 aliphatic carbocycles. The van der Waals surface area contributed by atoms with Gasteiger partial charge in [-0.15, -0.1) is 0 Å². The lowest BCUT2D eigenvalue weighted by atomic mass is 9.99. The van der Waals surface area contributed by atoms with Gasteiger partial charge in [0.05, 0.1) is 12.0 Å². The smallest absolute Gasteiger partial charge is 0.308 e. The molecule has 0 aromatic heterocycles. The molecule has 1 unspecified atom stereocenters. The summed E-state index contributed by atoms with van der Waals surface area (Å²) < 4.78 is 0. The van der Waals surface area contributed by atoms with Crippen molar-refractivity contribution < 1.29 is 15.0 Å². The molecule has 0 bridgehead atoms. The predicted octanol–water partition coefficient (Wildman–Crippen LogP) is 1.37. The average Bonchev–Trinajstić information content (AvgIpc) is 2.71. The Labute approximate surface area is 107 Å². The Balaban J connectivity index is 1.94. The first-order valence-corrected chi connectivity index (χ1v) is 6.26. The van der Waals surface area contributed by atoms with Gasteiger partial charge in [-0.1, -0.05) is 37.3 Å². The minimum atomic E-state index is -0.737. The maximum atomic E-state index is 11.0. The molecule has 1 saturated heterocycles. The van der Waals surface area contributed by atoms with Crippen molar-refractivity contribution in [3.05, 3.63) is 35.9 Å². The van der Waals surface area contributed by atoms with Gasteiger partial charge in [-0.25, -0.2) is 0 Å². The third kappa shape index (κ3) is 2.89. The van der Waals surface area contributed by atoms with Crippen LogP contribution in [0.5, 0.6) is 0 Å². The number of benzene rings is 1. The minimum Gasteiger partial charge on any atom is -0.481 e. The highest BCUT2D eigenvalue weighted by atomic mass is 16.4. The lowest BCUT2D eigenvalue weighted by Crippen LogP contribution is -2.27. The van der Waals surface area contributed by atoms with Crippen LogP contribution in [0.2, 0.25) is 0 Å². The monoisotopic (exact) mass is 249 g/mol. The second-order valence-corrected chi connectivity index (χ2v) is 5.07. The Morgan fingerprint density at radius 3 is 2.61 bits per heavy atom. The number of aliphatic carboxylic acids is 1. The highest BCUT2D eigenvalue weighted by molar-refractivity contribution is 5.71. The van der Waals surface area contributed by atoms with E-state index in [-0.39, 0.29) is 11.8 Å². The van der Waals surface area contributed by atoms with Gasteiger partial charge in [-0.2, -0.15) is 0 Å². The van der Waals surface area contributed by atoms with Gasteiger partial charge in [-0.05, 0) is 11.5 Å². The molecule has 1 fully saturated rings. The summed E-state index contributed by atoms with van der Waals surface area (Å²) in [5.41, 5.74) is 0.879. The number of hydrogen-bond acceptors (Lipinski definition) is 3. The lowest BCUT2D eigenvalue weighted by molar-refractivity contribution is -0.142. The Morgan fingerprint density at radius 1 is 1.39 bits per heavy atom. The van der Waals surface area contributed by atoms with Crippen LogP contribution in [0.15, 0.2) is 30.3 Å². The van der Waals surface area contributed by atoms with E-state index < -0.39 is 12.1 Å². The summed E-state index contributed by atoms with van der Waals surface area (Å²) in [4.78, 5) is 13.1. The Bertz CT molecular complexity index is 407. The van der Waals surface area contributed by atoms with Gasteiger partial charge in [0, 0.05) is 19.6 Å². The van der Waals surface area contributed by atoms with E-state index >= 15 is 0 Å². The first-order chi connectivity index (χ1) is 8.58. The minimum absolute atomic E-state index is 0.144. The predicted molar refractivity (Wildman–Crippen MR) is 68.1 cm³/mol. The zero-order valence-corrected chi connectivity index (χ0v) is 10.5. The average molecular weight is 249 g/mol. The van der Waals surface area contributed by atoms with E-state index in [4.69, 9.17) is 5.11 Å². The third-order valence-electron chi connectivity index (χ3n) is 3.62. The zero-order chi connectivity index (χ0) is 13.1. The Morgan fingerprint density at radius 2 is 2.06 bits per heavy atom. The van der Waals surface area contributed by atoms with Crippen LogP contribution in [0.3, 0.4) is 0 Å². The Hall–Kier alpha value is -1.39. The van der Waals surface area contributed by atoms with Gasteiger partial charge < -0.3 is 10.2 Å². The number of hydrogen-bond donors (Lipinski definition) is 2. The van der Waals surface area contributed by atoms with Gasteiger partial charge in [0.1, 0.15) is 0 Å². The summed E-state index contributed by atoms with van der Waals surface area (Å²) in [6.07, 6.45) is -0.550. The quantitative estimate of drug-likeness (QED) is 0.846. The van der Waals surface area contributed by atoms with E-state index in [1.54, 1.807) is 0 Å². The second kappa shape index (κ2) is 5.50. The van der Waals surface area contributed by atoms with Crippen LogP contribution in [0, 0.1) is 11.8 Å². The number of likely N-dealkylation sites (tertiary alicyclic amines) is 1. The van der Waals surface area contributed by atoms with Crippen molar-refractivity contribution in [2.75, 3.05) is 19.6 Å². The number of β-amino-alcohol motifs (C(OH)–C–C–N with tert-alkyl or cyclic N) is 1. The fourth-order valence-corrected chi connectivity index (χ4v) is 2.56. The zero-order valence-electron chi connectivity index (χ0n) is 10.5. The molecular formula is C14H19NO3. The fourth-order valence-electron chi connectivity index (χ4n) is 2.56. The van der Waals surface area contributed by atoms with Crippen molar-refractivity contribution in [1.82, 2.24) is 4.90 Å². The summed E-state index contributed by atoms with van der Waals surface area (Å²) in [5, 5.41) is 19.2. The number of aliphatic hydroxyl groups is 1. The Kier molecular flexibility index (Phi) is 3.99. The molecule has 98 valence electrons. The summed E-state index contributed by atoms with van der Waals surface area (Å²) in [7, 11) is 0. The summed E-state index contributed by atoms with van der Waals surface area (Å²) in [6.45, 7) is 3.72. The molecule has 3 atom stereocenters. The summed E-state index contributed by atoms with van der Waals surface area (Å²) >= 11 is 0. The molecule has 1 aliphatic rings. The van der Waals surface area contributed by atoms with Gasteiger partial charge in [-0.3, -0.25) is 9.69 Å². The van der Waals surface area contributed by atoms with E-state index in [9.17, 15) is 9.90 Å². The van der Waals surface area contributed by atoms with Crippen molar-refractivity contribution in [3.63, 3.8) is 0 Å². The van der Waals surface area contributed by atoms with Crippen LogP contribution in [0.1, 0.15) is 18.6 Å². The lowest BCUT2D eigenvalue weighted by Gasteiger charge is -2.20. The highest BCUT2D eigenvalue weighted by Gasteiger charge is 2.35. The molecule has 0 spiro atoms. The number of aliphatic hydroxyl groups excluding tert-OH is 1. The van der Waals surface area contributed by atoms with Crippen LogP contribution >= 0.6 is 0 Å². The number of rotatable bonds is 4. The van der Waals surface area contributed by atoms with E-state index in [0.717, 1.165) is 12.1 Å². The van der Waals surface area contributed by atoms with E-state index in [1.807, 2.05) is 42.2 Å². The van der Waals surface area contributed by atoms with E-state index in [0.29, 0.717) is 13.1 Å². The van der Waals surface area contributed by atoms with Crippen molar-refractivity contribution in [1.29, 1.82) is 0 Å². The molecule has 0 radical (unpaired) electrons. The molecule has 4 heteroatoms. The molecule has 1 aromatic carbocycles. The fraction of sp³-hybridized carbons (Fsp3) is 0.500. The number of carbonyl (C=O) groups is 1. The van der Waals surface area contributed by atoms with Crippen LogP contribution < -0.4 is 0 Å². The van der Waals surface area contributed by atoms with Crippen LogP contribution in [0.25, 0.3) is 0 Å². The van der Waals surface area contributed by atoms with Gasteiger partial charge >= 0.3 is 5.97 Å². The van der Waals surface area contributed by atoms with Gasteiger partial charge in [0.2, 0.25) is 0 Å². The largest absolute Gasteiger partial charge is 0.481 e.